The molecule has 0 aromatic carbocycles. The van der Waals surface area contributed by atoms with Crippen LogP contribution in [0.1, 0.15) is 50.0 Å². The summed E-state index contributed by atoms with van der Waals surface area (Å²) < 4.78 is 6.44. The number of methoxy groups -OCH3 is 1. The molecule has 0 bridgehead atoms. The number of carbonyl (C=O) groups excluding carboxylic acids is 2. The van der Waals surface area contributed by atoms with Gasteiger partial charge in [-0.1, -0.05) is 13.8 Å². The van der Waals surface area contributed by atoms with Gasteiger partial charge in [-0.25, -0.2) is 9.97 Å². The summed E-state index contributed by atoms with van der Waals surface area (Å²) in [5.74, 6) is -0.0752. The maximum atomic E-state index is 11.3. The molecule has 0 saturated carbocycles. The average molecular weight is 569 g/mol. The summed E-state index contributed by atoms with van der Waals surface area (Å²) in [4.78, 5) is 37.1. The van der Waals surface area contributed by atoms with Gasteiger partial charge < -0.3 is 4.74 Å². The number of rotatable bonds is 5. The molecule has 0 amide bonds. The number of hydrogen-bond donors (Lipinski definition) is 0. The Morgan fingerprint density at radius 3 is 1.67 bits per heavy atom. The molecule has 148 valence electrons. The van der Waals surface area contributed by atoms with Crippen LogP contribution in [0, 0.1) is 0 Å². The van der Waals surface area contributed by atoms with Crippen LogP contribution in [-0.4, -0.2) is 38.8 Å². The van der Waals surface area contributed by atoms with Crippen molar-refractivity contribution in [3.63, 3.8) is 0 Å². The van der Waals surface area contributed by atoms with Crippen molar-refractivity contribution in [1.82, 2.24) is 19.9 Å². The van der Waals surface area contributed by atoms with Gasteiger partial charge in [0.1, 0.15) is 19.5 Å². The van der Waals surface area contributed by atoms with E-state index in [-0.39, 0.29) is 11.8 Å². The van der Waals surface area contributed by atoms with Crippen LogP contribution in [0.5, 0.6) is 0 Å². The van der Waals surface area contributed by atoms with Gasteiger partial charge in [0.05, 0.1) is 31.9 Å². The molecule has 2 aromatic rings. The predicted molar refractivity (Wildman–Crippen MR) is 113 cm³/mol. The zero-order valence-corrected chi connectivity index (χ0v) is 20.0. The molecule has 10 heteroatoms. The number of nitrogens with zero attached hydrogens (tertiary/aromatic N) is 4. The molecule has 2 heterocycles. The molecule has 0 N–H and O–H groups in total. The van der Waals surface area contributed by atoms with Crippen molar-refractivity contribution >= 4 is 59.5 Å². The normalized spacial score (nSPS) is 9.26. The molecule has 0 aliphatic carbocycles. The van der Waals surface area contributed by atoms with E-state index in [0.717, 1.165) is 22.0 Å². The van der Waals surface area contributed by atoms with E-state index in [2.05, 4.69) is 72.5 Å². The van der Waals surface area contributed by atoms with Crippen molar-refractivity contribution in [2.45, 2.75) is 39.5 Å². The summed E-state index contributed by atoms with van der Waals surface area (Å²) >= 11 is 9.47. The Morgan fingerprint density at radius 1 is 0.852 bits per heavy atom. The van der Waals surface area contributed by atoms with Gasteiger partial charge in [-0.2, -0.15) is 0 Å². The van der Waals surface area contributed by atoms with E-state index >= 15 is 0 Å². The number of Topliss-reactive ketones (excluding diaryl/α,β-unsaturated/α-hetero) is 1. The lowest BCUT2D eigenvalue weighted by molar-refractivity contribution is -0.140. The fraction of sp³-hybridized carbons (Fsp3) is 0.412. The van der Waals surface area contributed by atoms with Gasteiger partial charge in [-0.3, -0.25) is 19.6 Å². The number of halogens is 3. The van der Waals surface area contributed by atoms with Crippen molar-refractivity contribution in [2.75, 3.05) is 7.11 Å². The number of aromatic nitrogens is 4. The molecule has 2 rings (SSSR count). The first-order valence-corrected chi connectivity index (χ1v) is 10.4. The van der Waals surface area contributed by atoms with Crippen LogP contribution in [0.15, 0.2) is 38.6 Å². The summed E-state index contributed by atoms with van der Waals surface area (Å²) in [5, 5.41) is 0. The largest absolute Gasteiger partial charge is 0.469 e. The summed E-state index contributed by atoms with van der Waals surface area (Å²) in [6.07, 6.45) is 9.09. The maximum Gasteiger partial charge on any atom is 0.305 e. The van der Waals surface area contributed by atoms with Gasteiger partial charge in [0.2, 0.25) is 0 Å². The van der Waals surface area contributed by atoms with Crippen LogP contribution >= 0.6 is 47.8 Å². The van der Waals surface area contributed by atoms with Crippen LogP contribution in [-0.2, 0) is 9.53 Å². The standard InChI is InChI=1S/C8H9BrN2O.C5H10O2.C4H2Br2N2/c1-2-3-7(12)6-4-10-5-8(9)11-6;1-3-4-5(6)7-2;5-3-1-7-2-4(6)8-3/h4-5H,2-3H2,1H3;3-4H2,1-2H3;1-2H. The van der Waals surface area contributed by atoms with Crippen molar-refractivity contribution < 1.29 is 14.3 Å². The molecule has 0 fully saturated rings. The van der Waals surface area contributed by atoms with Crippen LogP contribution in [0.2, 0.25) is 0 Å². The molecule has 7 nitrogen and oxygen atoms in total. The second kappa shape index (κ2) is 15.8. The molecule has 0 atom stereocenters. The summed E-state index contributed by atoms with van der Waals surface area (Å²) in [5.41, 5.74) is 0.436. The lowest BCUT2D eigenvalue weighted by Crippen LogP contribution is -2.02. The topological polar surface area (TPSA) is 94.9 Å². The number of ketones is 1. The quantitative estimate of drug-likeness (QED) is 0.362. The summed E-state index contributed by atoms with van der Waals surface area (Å²) in [6.45, 7) is 3.90. The smallest absolute Gasteiger partial charge is 0.305 e. The van der Waals surface area contributed by atoms with E-state index in [0.29, 0.717) is 23.1 Å². The van der Waals surface area contributed by atoms with Gasteiger partial charge >= 0.3 is 5.97 Å². The molecule has 27 heavy (non-hydrogen) atoms. The van der Waals surface area contributed by atoms with Crippen molar-refractivity contribution in [2.24, 2.45) is 0 Å². The van der Waals surface area contributed by atoms with E-state index in [4.69, 9.17) is 0 Å². The Kier molecular flexibility index (Phi) is 15.0. The first-order valence-electron chi connectivity index (χ1n) is 8.04. The highest BCUT2D eigenvalue weighted by atomic mass is 79.9. The maximum absolute atomic E-state index is 11.3. The number of hydrogen-bond acceptors (Lipinski definition) is 7. The van der Waals surface area contributed by atoms with Gasteiger partial charge in [0, 0.05) is 12.8 Å². The Hall–Kier alpha value is -1.26. The van der Waals surface area contributed by atoms with E-state index in [1.807, 2.05) is 13.8 Å². The van der Waals surface area contributed by atoms with E-state index in [1.54, 1.807) is 18.6 Å². The third-order valence-electron chi connectivity index (χ3n) is 2.63. The SMILES string of the molecule is Brc1cncc(Br)n1.CCCC(=O)OC.CCCC(=O)c1cncc(Br)n1. The van der Waals surface area contributed by atoms with E-state index in [9.17, 15) is 9.59 Å². The zero-order valence-electron chi connectivity index (χ0n) is 15.3. The van der Waals surface area contributed by atoms with Gasteiger partial charge in [0.25, 0.3) is 0 Å². The highest BCUT2D eigenvalue weighted by Gasteiger charge is 2.06. The lowest BCUT2D eigenvalue weighted by atomic mass is 10.2. The van der Waals surface area contributed by atoms with E-state index in [1.165, 1.54) is 13.3 Å². The summed E-state index contributed by atoms with van der Waals surface area (Å²) in [7, 11) is 1.40. The highest BCUT2D eigenvalue weighted by molar-refractivity contribution is 9.11. The molecular formula is C17H21Br3N4O3. The zero-order chi connectivity index (χ0) is 20.7. The Bertz CT molecular complexity index is 700. The fourth-order valence-corrected chi connectivity index (χ4v) is 2.62. The second-order valence-corrected chi connectivity index (χ2v) is 7.33. The highest BCUT2D eigenvalue weighted by Crippen LogP contribution is 2.08. The molecule has 0 radical (unpaired) electrons. The van der Waals surface area contributed by atoms with Crippen LogP contribution in [0.3, 0.4) is 0 Å². The monoisotopic (exact) mass is 566 g/mol. The second-order valence-electron chi connectivity index (χ2n) is 4.89. The number of esters is 1. The van der Waals surface area contributed by atoms with Crippen molar-refractivity contribution in [3.05, 3.63) is 44.3 Å². The fourth-order valence-electron chi connectivity index (χ4n) is 1.46. The van der Waals surface area contributed by atoms with Crippen LogP contribution in [0.25, 0.3) is 0 Å². The first-order chi connectivity index (χ1) is 12.8. The average Bonchev–Trinajstić information content (AvgIpc) is 2.63. The molecule has 0 unspecified atom stereocenters. The molecule has 0 spiro atoms. The minimum atomic E-state index is -0.123. The Balaban J connectivity index is 0.000000395. The first kappa shape index (κ1) is 25.7. The van der Waals surface area contributed by atoms with Crippen LogP contribution in [0.4, 0.5) is 0 Å². The number of carbonyl (C=O) groups is 2. The van der Waals surface area contributed by atoms with Gasteiger partial charge in [-0.05, 0) is 60.6 Å². The minimum Gasteiger partial charge on any atom is -0.469 e. The Morgan fingerprint density at radius 2 is 1.33 bits per heavy atom. The molecular weight excluding hydrogens is 548 g/mol. The van der Waals surface area contributed by atoms with Gasteiger partial charge in [-0.15, -0.1) is 0 Å². The Labute approximate surface area is 184 Å². The van der Waals surface area contributed by atoms with Crippen molar-refractivity contribution in [3.8, 4) is 0 Å². The lowest BCUT2D eigenvalue weighted by Gasteiger charge is -1.96. The van der Waals surface area contributed by atoms with Crippen molar-refractivity contribution in [1.29, 1.82) is 0 Å². The molecule has 0 aliphatic heterocycles. The molecule has 0 aliphatic rings. The van der Waals surface area contributed by atoms with Gasteiger partial charge in [0.15, 0.2) is 5.78 Å². The minimum absolute atomic E-state index is 0.0475. The van der Waals surface area contributed by atoms with E-state index < -0.39 is 0 Å². The van der Waals surface area contributed by atoms with Crippen LogP contribution < -0.4 is 0 Å². The molecule has 0 saturated heterocycles. The predicted octanol–water partition coefficient (Wildman–Crippen LogP) is 5.18. The third-order valence-corrected chi connectivity index (χ3v) is 3.77. The number of ether oxygens (including phenoxy) is 1. The third kappa shape index (κ3) is 13.5. The summed E-state index contributed by atoms with van der Waals surface area (Å²) in [6, 6.07) is 0. The molecule has 2 aromatic heterocycles.